The van der Waals surface area contributed by atoms with Gasteiger partial charge in [0.15, 0.2) is 0 Å². The molecule has 0 radical (unpaired) electrons. The molecule has 266 valence electrons. The summed E-state index contributed by atoms with van der Waals surface area (Å²) in [7, 11) is 0. The van der Waals surface area contributed by atoms with Gasteiger partial charge in [0.2, 0.25) is 0 Å². The van der Waals surface area contributed by atoms with Crippen LogP contribution in [-0.4, -0.2) is 0 Å². The molecular formula is C53H49N. The zero-order valence-electron chi connectivity index (χ0n) is 31.7. The zero-order valence-corrected chi connectivity index (χ0v) is 31.7. The second-order valence-electron chi connectivity index (χ2n) is 13.8. The number of aryl methyl sites for hydroxylation is 3. The van der Waals surface area contributed by atoms with Crippen molar-refractivity contribution in [1.29, 1.82) is 0 Å². The first-order chi connectivity index (χ1) is 26.4. The fraction of sp³-hybridized carbons (Fsp3) is 0.0943. The molecule has 0 saturated heterocycles. The average Bonchev–Trinajstić information content (AvgIpc) is 3.57. The van der Waals surface area contributed by atoms with Crippen LogP contribution in [0.1, 0.15) is 33.4 Å². The Hall–Kier alpha value is -6.44. The van der Waals surface area contributed by atoms with Gasteiger partial charge in [-0.15, -0.1) is 0 Å². The molecule has 0 atom stereocenters. The summed E-state index contributed by atoms with van der Waals surface area (Å²) in [6, 6.07) is 57.9. The molecule has 2 N–H and O–H groups in total. The van der Waals surface area contributed by atoms with Gasteiger partial charge in [-0.2, -0.15) is 0 Å². The largest absolute Gasteiger partial charge is 0.399 e. The summed E-state index contributed by atoms with van der Waals surface area (Å²) < 4.78 is 0. The molecule has 0 amide bonds. The summed E-state index contributed by atoms with van der Waals surface area (Å²) in [6.45, 7) is 10.1. The van der Waals surface area contributed by atoms with Gasteiger partial charge in [-0.25, -0.2) is 0 Å². The minimum Gasteiger partial charge on any atom is -0.399 e. The van der Waals surface area contributed by atoms with Gasteiger partial charge in [0.1, 0.15) is 0 Å². The summed E-state index contributed by atoms with van der Waals surface area (Å²) >= 11 is 0. The molecule has 54 heavy (non-hydrogen) atoms. The first kappa shape index (κ1) is 37.3. The maximum absolute atomic E-state index is 5.70. The number of allylic oxidation sites excluding steroid dienone is 5. The highest BCUT2D eigenvalue weighted by atomic mass is 14.5. The van der Waals surface area contributed by atoms with Crippen LogP contribution in [0.4, 0.5) is 5.69 Å². The molecule has 0 fully saturated rings. The van der Waals surface area contributed by atoms with Crippen molar-refractivity contribution < 1.29 is 0 Å². The number of anilines is 1. The van der Waals surface area contributed by atoms with E-state index in [2.05, 4.69) is 161 Å². The second-order valence-corrected chi connectivity index (χ2v) is 13.8. The predicted molar refractivity (Wildman–Crippen MR) is 235 cm³/mol. The normalized spacial score (nSPS) is 11.2. The topological polar surface area (TPSA) is 26.0 Å². The summed E-state index contributed by atoms with van der Waals surface area (Å²) in [4.78, 5) is 0. The van der Waals surface area contributed by atoms with Crippen LogP contribution in [0.3, 0.4) is 0 Å². The lowest BCUT2D eigenvalue weighted by Gasteiger charge is -2.13. The van der Waals surface area contributed by atoms with E-state index in [1.54, 1.807) is 6.08 Å². The standard InChI is InChI=1S/C27H22.C14H16.C12H11N/c1-18-7-3-5-9-24(18)26-16-20(12-11-19(26)2)21-13-14-23-15-22-8-4-6-10-25(22)27(23)17-21;1-3-4-5-6-7-10-14-11-8-9-13(2)12-14;13-12-8-4-7-11(9-12)10-5-2-1-3-6-10/h3-14,16-17H,15H2,1-2H3;3-9,11-12H,1,10H2,2H3;1-9H,13H2/b;5-4-,7-6-;. The SMILES string of the molecule is C=C/C=C\C=C/Cc1cccc(C)c1.Cc1ccccc1-c1cc(-c2ccc3c(c2)-c2ccccc2C3)ccc1C.Nc1cccc(-c2ccccc2)c1. The molecule has 0 saturated carbocycles. The molecule has 0 aliphatic heterocycles. The van der Waals surface area contributed by atoms with Crippen molar-refractivity contribution in [2.45, 2.75) is 33.6 Å². The van der Waals surface area contributed by atoms with Gasteiger partial charge >= 0.3 is 0 Å². The van der Waals surface area contributed by atoms with Crippen molar-refractivity contribution in [1.82, 2.24) is 0 Å². The molecule has 1 aliphatic rings. The highest BCUT2D eigenvalue weighted by molar-refractivity contribution is 5.83. The monoisotopic (exact) mass is 699 g/mol. The van der Waals surface area contributed by atoms with Crippen molar-refractivity contribution in [3.8, 4) is 44.5 Å². The number of nitrogen functional groups attached to an aromatic ring is 1. The Morgan fingerprint density at radius 2 is 1.11 bits per heavy atom. The summed E-state index contributed by atoms with van der Waals surface area (Å²) in [5, 5.41) is 0. The van der Waals surface area contributed by atoms with Crippen molar-refractivity contribution in [2.75, 3.05) is 5.73 Å². The Morgan fingerprint density at radius 3 is 1.87 bits per heavy atom. The molecule has 0 aromatic heterocycles. The Kier molecular flexibility index (Phi) is 12.7. The van der Waals surface area contributed by atoms with Gasteiger partial charge in [0, 0.05) is 5.69 Å². The van der Waals surface area contributed by atoms with E-state index < -0.39 is 0 Å². The number of benzene rings is 7. The van der Waals surface area contributed by atoms with Gasteiger partial charge in [-0.1, -0.05) is 182 Å². The van der Waals surface area contributed by atoms with E-state index in [1.165, 1.54) is 77.9 Å². The lowest BCUT2D eigenvalue weighted by atomic mass is 9.92. The van der Waals surface area contributed by atoms with Crippen LogP contribution in [-0.2, 0) is 12.8 Å². The molecule has 7 aromatic rings. The van der Waals surface area contributed by atoms with Gasteiger partial charge in [-0.3, -0.25) is 0 Å². The van der Waals surface area contributed by atoms with Gasteiger partial charge < -0.3 is 5.73 Å². The lowest BCUT2D eigenvalue weighted by Crippen LogP contribution is -1.89. The van der Waals surface area contributed by atoms with E-state index >= 15 is 0 Å². The summed E-state index contributed by atoms with van der Waals surface area (Å²) in [5.41, 5.74) is 25.1. The van der Waals surface area contributed by atoms with E-state index in [4.69, 9.17) is 5.73 Å². The Morgan fingerprint density at radius 1 is 0.481 bits per heavy atom. The Bertz CT molecular complexity index is 2390. The maximum atomic E-state index is 5.70. The number of hydrogen-bond acceptors (Lipinski definition) is 1. The van der Waals surface area contributed by atoms with Crippen molar-refractivity contribution in [3.05, 3.63) is 234 Å². The highest BCUT2D eigenvalue weighted by Crippen LogP contribution is 2.39. The second kappa shape index (κ2) is 18.4. The van der Waals surface area contributed by atoms with Gasteiger partial charge in [0.05, 0.1) is 0 Å². The Labute approximate surface area is 322 Å². The third-order valence-electron chi connectivity index (χ3n) is 9.73. The van der Waals surface area contributed by atoms with E-state index in [-0.39, 0.29) is 0 Å². The number of hydrogen-bond donors (Lipinski definition) is 1. The first-order valence-electron chi connectivity index (χ1n) is 18.7. The molecule has 0 unspecified atom stereocenters. The minimum atomic E-state index is 0.807. The van der Waals surface area contributed by atoms with Crippen molar-refractivity contribution >= 4 is 5.69 Å². The van der Waals surface area contributed by atoms with Gasteiger partial charge in [0.25, 0.3) is 0 Å². The molecule has 1 nitrogen and oxygen atoms in total. The summed E-state index contributed by atoms with van der Waals surface area (Å²) in [6.07, 6.45) is 11.9. The highest BCUT2D eigenvalue weighted by Gasteiger charge is 2.18. The van der Waals surface area contributed by atoms with Crippen LogP contribution in [0.25, 0.3) is 44.5 Å². The van der Waals surface area contributed by atoms with Gasteiger partial charge in [-0.05, 0) is 130 Å². The molecule has 0 spiro atoms. The van der Waals surface area contributed by atoms with Crippen LogP contribution in [0.2, 0.25) is 0 Å². The van der Waals surface area contributed by atoms with E-state index in [0.717, 1.165) is 18.5 Å². The first-order valence-corrected chi connectivity index (χ1v) is 18.7. The quantitative estimate of drug-likeness (QED) is 0.130. The molecule has 7 aromatic carbocycles. The van der Waals surface area contributed by atoms with Crippen LogP contribution in [0.15, 0.2) is 201 Å². The number of fused-ring (bicyclic) bond motifs is 3. The van der Waals surface area contributed by atoms with Crippen LogP contribution in [0.5, 0.6) is 0 Å². The summed E-state index contributed by atoms with van der Waals surface area (Å²) in [5.74, 6) is 0. The molecule has 1 aliphatic carbocycles. The molecule has 0 bridgehead atoms. The van der Waals surface area contributed by atoms with Crippen LogP contribution in [0, 0.1) is 20.8 Å². The van der Waals surface area contributed by atoms with E-state index in [1.807, 2.05) is 54.6 Å². The zero-order chi connectivity index (χ0) is 37.7. The average molecular weight is 700 g/mol. The smallest absolute Gasteiger partial charge is 0.0320 e. The van der Waals surface area contributed by atoms with E-state index in [0.29, 0.717) is 0 Å². The third-order valence-corrected chi connectivity index (χ3v) is 9.73. The molecule has 0 heterocycles. The predicted octanol–water partition coefficient (Wildman–Crippen LogP) is 14.0. The van der Waals surface area contributed by atoms with Crippen LogP contribution >= 0.6 is 0 Å². The lowest BCUT2D eigenvalue weighted by molar-refractivity contribution is 1.25. The Balaban J connectivity index is 0.000000155. The number of nitrogens with two attached hydrogens (primary N) is 1. The molecular weight excluding hydrogens is 651 g/mol. The fourth-order valence-electron chi connectivity index (χ4n) is 6.88. The van der Waals surface area contributed by atoms with Crippen LogP contribution < -0.4 is 5.73 Å². The molecule has 1 heteroatoms. The molecule has 8 rings (SSSR count). The van der Waals surface area contributed by atoms with E-state index in [9.17, 15) is 0 Å². The minimum absolute atomic E-state index is 0.807. The fourth-order valence-corrected chi connectivity index (χ4v) is 6.88. The maximum Gasteiger partial charge on any atom is 0.0320 e. The van der Waals surface area contributed by atoms with Crippen molar-refractivity contribution in [2.24, 2.45) is 0 Å². The van der Waals surface area contributed by atoms with Crippen molar-refractivity contribution in [3.63, 3.8) is 0 Å². The third kappa shape index (κ3) is 9.70. The number of rotatable bonds is 7.